The highest BCUT2D eigenvalue weighted by Gasteiger charge is 2.24. The van der Waals surface area contributed by atoms with Gasteiger partial charge in [0.05, 0.1) is 29.6 Å². The van der Waals surface area contributed by atoms with E-state index in [0.29, 0.717) is 45.1 Å². The van der Waals surface area contributed by atoms with Crippen molar-refractivity contribution < 1.29 is 33.4 Å². The normalized spacial score (nSPS) is 10.4. The number of benzene rings is 3. The molecule has 0 aliphatic rings. The van der Waals surface area contributed by atoms with Gasteiger partial charge >= 0.3 is 5.97 Å². The van der Waals surface area contributed by atoms with Crippen molar-refractivity contribution in [3.05, 3.63) is 125 Å². The molecule has 0 saturated carbocycles. The lowest BCUT2D eigenvalue weighted by atomic mass is 10.0. The second-order valence-corrected chi connectivity index (χ2v) is 10.2. The van der Waals surface area contributed by atoms with Gasteiger partial charge in [0.2, 0.25) is 5.78 Å². The number of ether oxygens (including phenoxy) is 3. The van der Waals surface area contributed by atoms with Crippen molar-refractivity contribution in [1.29, 1.82) is 0 Å². The van der Waals surface area contributed by atoms with Gasteiger partial charge in [0.1, 0.15) is 24.7 Å². The lowest BCUT2D eigenvalue weighted by molar-refractivity contribution is 0.0601. The molecule has 5 rings (SSSR count). The summed E-state index contributed by atoms with van der Waals surface area (Å²) in [6, 6.07) is 23.5. The second-order valence-electron chi connectivity index (χ2n) is 10.2. The number of carbonyl (C=O) groups is 4. The number of pyridine rings is 1. The predicted molar refractivity (Wildman–Crippen MR) is 181 cm³/mol. The topological polar surface area (TPSA) is 138 Å². The molecular weight excluding hydrogens is 598 g/mol. The number of amides is 1. The molecule has 0 spiro atoms. The zero-order valence-corrected chi connectivity index (χ0v) is 27.0. The van der Waals surface area contributed by atoms with Crippen LogP contribution in [0.1, 0.15) is 73.5 Å². The van der Waals surface area contributed by atoms with Gasteiger partial charge in [-0.2, -0.15) is 0 Å². The van der Waals surface area contributed by atoms with E-state index in [1.165, 1.54) is 26.2 Å². The number of nitrogens with zero attached hydrogens (tertiary/aromatic N) is 1. The van der Waals surface area contributed by atoms with Crippen molar-refractivity contribution >= 4 is 40.3 Å². The minimum atomic E-state index is -0.648. The Morgan fingerprint density at radius 1 is 0.787 bits per heavy atom. The summed E-state index contributed by atoms with van der Waals surface area (Å²) in [5, 5.41) is 2.96. The van der Waals surface area contributed by atoms with E-state index in [2.05, 4.69) is 5.32 Å². The summed E-state index contributed by atoms with van der Waals surface area (Å²) in [6.45, 7) is 7.70. The summed E-state index contributed by atoms with van der Waals surface area (Å²) in [4.78, 5) is 51.0. The first-order valence-electron chi connectivity index (χ1n) is 15.1. The van der Waals surface area contributed by atoms with Crippen LogP contribution in [0.3, 0.4) is 0 Å². The molecule has 242 valence electrons. The molecule has 0 atom stereocenters. The third-order valence-corrected chi connectivity index (χ3v) is 7.22. The van der Waals surface area contributed by atoms with Gasteiger partial charge < -0.3 is 29.7 Å². The Morgan fingerprint density at radius 2 is 1.43 bits per heavy atom. The average Bonchev–Trinajstić information content (AvgIpc) is 3.37. The summed E-state index contributed by atoms with van der Waals surface area (Å²) >= 11 is 0. The van der Waals surface area contributed by atoms with Crippen molar-refractivity contribution in [1.82, 2.24) is 4.40 Å². The summed E-state index contributed by atoms with van der Waals surface area (Å²) in [5.41, 5.74) is 9.35. The van der Waals surface area contributed by atoms with Crippen LogP contribution in [0.15, 0.2) is 91.1 Å². The van der Waals surface area contributed by atoms with Crippen molar-refractivity contribution in [3.63, 3.8) is 0 Å². The van der Waals surface area contributed by atoms with Crippen LogP contribution in [0.25, 0.3) is 5.52 Å². The SMILES string of the molecule is CC.COC(=O)c1cc(C(=O)c2c(C)c(NC(=O)c3cccc(OCCOc4cccc(C(C)=O)c4)c3)c3ccccn23)ccc1N. The number of esters is 1. The van der Waals surface area contributed by atoms with Gasteiger partial charge in [0.15, 0.2) is 5.78 Å². The molecule has 10 heteroatoms. The summed E-state index contributed by atoms with van der Waals surface area (Å²) in [7, 11) is 1.24. The Balaban J connectivity index is 0.00000245. The lowest BCUT2D eigenvalue weighted by Gasteiger charge is -2.11. The number of carbonyl (C=O) groups excluding carboxylic acids is 4. The summed E-state index contributed by atoms with van der Waals surface area (Å²) in [6.07, 6.45) is 1.73. The third-order valence-electron chi connectivity index (χ3n) is 7.22. The van der Waals surface area contributed by atoms with Crippen molar-refractivity contribution in [3.8, 4) is 11.5 Å². The molecular formula is C37H37N3O7. The lowest BCUT2D eigenvalue weighted by Crippen LogP contribution is -2.14. The molecule has 0 aliphatic carbocycles. The molecule has 0 fully saturated rings. The van der Waals surface area contributed by atoms with Crippen LogP contribution in [0.5, 0.6) is 11.5 Å². The molecule has 0 aliphatic heterocycles. The van der Waals surface area contributed by atoms with E-state index in [0.717, 1.165) is 0 Å². The Labute approximate surface area is 273 Å². The molecule has 2 heterocycles. The number of methoxy groups -OCH3 is 1. The number of ketones is 2. The molecule has 0 unspecified atom stereocenters. The van der Waals surface area contributed by atoms with E-state index in [-0.39, 0.29) is 41.6 Å². The van der Waals surface area contributed by atoms with Crippen LogP contribution in [0, 0.1) is 6.92 Å². The number of hydrogen-bond donors (Lipinski definition) is 2. The van der Waals surface area contributed by atoms with Crippen LogP contribution in [0.2, 0.25) is 0 Å². The van der Waals surface area contributed by atoms with E-state index in [1.807, 2.05) is 19.9 Å². The van der Waals surface area contributed by atoms with E-state index in [4.69, 9.17) is 19.9 Å². The molecule has 0 radical (unpaired) electrons. The molecule has 3 N–H and O–H groups in total. The van der Waals surface area contributed by atoms with E-state index >= 15 is 0 Å². The highest BCUT2D eigenvalue weighted by atomic mass is 16.5. The zero-order valence-electron chi connectivity index (χ0n) is 27.0. The average molecular weight is 636 g/mol. The van der Waals surface area contributed by atoms with Crippen LogP contribution in [-0.2, 0) is 4.74 Å². The van der Waals surface area contributed by atoms with E-state index in [9.17, 15) is 19.2 Å². The minimum absolute atomic E-state index is 0.0471. The number of fused-ring (bicyclic) bond motifs is 1. The highest BCUT2D eigenvalue weighted by molar-refractivity contribution is 6.15. The Hall–Kier alpha value is -5.90. The van der Waals surface area contributed by atoms with Gasteiger partial charge in [0, 0.05) is 34.1 Å². The molecule has 2 aromatic heterocycles. The van der Waals surface area contributed by atoms with E-state index < -0.39 is 11.9 Å². The molecule has 3 aromatic carbocycles. The van der Waals surface area contributed by atoms with Crippen LogP contribution < -0.4 is 20.5 Å². The largest absolute Gasteiger partial charge is 0.490 e. The van der Waals surface area contributed by atoms with Gasteiger partial charge in [-0.1, -0.05) is 38.1 Å². The van der Waals surface area contributed by atoms with Gasteiger partial charge in [-0.15, -0.1) is 0 Å². The Kier molecular flexibility index (Phi) is 11.1. The van der Waals surface area contributed by atoms with Crippen molar-refractivity contribution in [2.24, 2.45) is 0 Å². The Morgan fingerprint density at radius 3 is 2.06 bits per heavy atom. The number of anilines is 2. The molecule has 1 amide bonds. The van der Waals surface area contributed by atoms with Gasteiger partial charge in [-0.05, 0) is 74.5 Å². The maximum absolute atomic E-state index is 13.8. The first kappa shape index (κ1) is 34.0. The van der Waals surface area contributed by atoms with Gasteiger partial charge in [0.25, 0.3) is 5.91 Å². The fourth-order valence-corrected chi connectivity index (χ4v) is 4.93. The molecule has 0 bridgehead atoms. The number of aromatic nitrogens is 1. The molecule has 47 heavy (non-hydrogen) atoms. The standard InChI is InChI=1S/C35H31N3O7.C2H6/c1-21-31(30-12-4-5-15-38(30)32(21)33(40)24-13-14-29(36)28(20-24)35(42)43-3)37-34(41)25-9-7-11-27(19-25)45-17-16-44-26-10-6-8-23(18-26)22(2)39;1-2/h4-15,18-20H,16-17,36H2,1-3H3,(H,37,41);1-2H3. The van der Waals surface area contributed by atoms with Crippen LogP contribution in [-0.4, -0.2) is 48.2 Å². The van der Waals surface area contributed by atoms with Gasteiger partial charge in [-0.25, -0.2) is 4.79 Å². The molecule has 5 aromatic rings. The third kappa shape index (κ3) is 7.67. The van der Waals surface area contributed by atoms with E-state index in [1.54, 1.807) is 84.3 Å². The van der Waals surface area contributed by atoms with Crippen LogP contribution >= 0.6 is 0 Å². The Bertz CT molecular complexity index is 1940. The number of Topliss-reactive ketones (excluding diaryl/α,β-unsaturated/α-hetero) is 1. The number of nitrogens with one attached hydrogen (secondary N) is 1. The van der Waals surface area contributed by atoms with Gasteiger partial charge in [-0.3, -0.25) is 14.4 Å². The maximum atomic E-state index is 13.8. The second kappa shape index (κ2) is 15.4. The van der Waals surface area contributed by atoms with Crippen LogP contribution in [0.4, 0.5) is 11.4 Å². The molecule has 0 saturated heterocycles. The number of nitrogens with two attached hydrogens (primary N) is 1. The zero-order chi connectivity index (χ0) is 34.1. The monoisotopic (exact) mass is 635 g/mol. The smallest absolute Gasteiger partial charge is 0.339 e. The first-order valence-corrected chi connectivity index (χ1v) is 15.1. The molecule has 10 nitrogen and oxygen atoms in total. The summed E-state index contributed by atoms with van der Waals surface area (Å²) < 4.78 is 18.0. The number of rotatable bonds is 11. The van der Waals surface area contributed by atoms with Crippen molar-refractivity contribution in [2.45, 2.75) is 27.7 Å². The number of hydrogen-bond acceptors (Lipinski definition) is 8. The summed E-state index contributed by atoms with van der Waals surface area (Å²) in [5.74, 6) is -0.406. The fourth-order valence-electron chi connectivity index (χ4n) is 4.93. The quantitative estimate of drug-likeness (QED) is 0.0701. The minimum Gasteiger partial charge on any atom is -0.490 e. The maximum Gasteiger partial charge on any atom is 0.339 e. The number of nitrogen functional groups attached to an aromatic ring is 1. The first-order chi connectivity index (χ1) is 22.7. The fraction of sp³-hybridized carbons (Fsp3) is 0.189. The highest BCUT2D eigenvalue weighted by Crippen LogP contribution is 2.31. The predicted octanol–water partition coefficient (Wildman–Crippen LogP) is 6.79. The van der Waals surface area contributed by atoms with Crippen molar-refractivity contribution in [2.75, 3.05) is 31.4 Å².